The van der Waals surface area contributed by atoms with Crippen LogP contribution in [-0.2, 0) is 11.2 Å². The molecule has 2 unspecified atom stereocenters. The summed E-state index contributed by atoms with van der Waals surface area (Å²) < 4.78 is 6.00. The highest BCUT2D eigenvalue weighted by Crippen LogP contribution is 2.34. The summed E-state index contributed by atoms with van der Waals surface area (Å²) in [6.45, 7) is 2.90. The summed E-state index contributed by atoms with van der Waals surface area (Å²) in [5.74, 6) is 5.81. The molecule has 0 bridgehead atoms. The van der Waals surface area contributed by atoms with Gasteiger partial charge in [-0.05, 0) is 42.0 Å². The van der Waals surface area contributed by atoms with E-state index in [2.05, 4.69) is 60.9 Å². The molecule has 0 radical (unpaired) electrons. The van der Waals surface area contributed by atoms with E-state index in [1.165, 1.54) is 22.3 Å². The standard InChI is InChI=1S/C18H22N2O/c1-13-6-2-4-8-15(13)17(20-19)12-18-16-9-5-3-7-14(16)10-11-21-18/h2-9,17-18,20H,10-12,19H2,1H3. The lowest BCUT2D eigenvalue weighted by molar-refractivity contribution is 0.0292. The lowest BCUT2D eigenvalue weighted by atomic mass is 9.90. The van der Waals surface area contributed by atoms with Gasteiger partial charge >= 0.3 is 0 Å². The zero-order valence-corrected chi connectivity index (χ0v) is 12.4. The van der Waals surface area contributed by atoms with E-state index in [9.17, 15) is 0 Å². The van der Waals surface area contributed by atoms with Crippen LogP contribution >= 0.6 is 0 Å². The molecule has 0 fully saturated rings. The van der Waals surface area contributed by atoms with Gasteiger partial charge in [0.05, 0.1) is 12.7 Å². The smallest absolute Gasteiger partial charge is 0.0846 e. The number of rotatable bonds is 4. The Labute approximate surface area is 126 Å². The van der Waals surface area contributed by atoms with E-state index in [0.29, 0.717) is 0 Å². The second-order valence-electron chi connectivity index (χ2n) is 5.62. The minimum Gasteiger partial charge on any atom is -0.373 e. The van der Waals surface area contributed by atoms with E-state index in [1.807, 2.05) is 0 Å². The van der Waals surface area contributed by atoms with Gasteiger partial charge < -0.3 is 4.74 Å². The highest BCUT2D eigenvalue weighted by molar-refractivity contribution is 5.33. The molecule has 3 N–H and O–H groups in total. The molecule has 2 aromatic rings. The molecular formula is C18H22N2O. The number of nitrogens with one attached hydrogen (secondary N) is 1. The van der Waals surface area contributed by atoms with E-state index in [4.69, 9.17) is 10.6 Å². The van der Waals surface area contributed by atoms with Crippen molar-refractivity contribution in [1.82, 2.24) is 5.43 Å². The minimum absolute atomic E-state index is 0.0994. The Kier molecular flexibility index (Phi) is 4.34. The van der Waals surface area contributed by atoms with Crippen LogP contribution in [0.25, 0.3) is 0 Å². The van der Waals surface area contributed by atoms with E-state index in [-0.39, 0.29) is 12.1 Å². The molecule has 0 spiro atoms. The van der Waals surface area contributed by atoms with Gasteiger partial charge in [-0.15, -0.1) is 0 Å². The minimum atomic E-state index is 0.0994. The van der Waals surface area contributed by atoms with Crippen LogP contribution in [0.3, 0.4) is 0 Å². The molecule has 21 heavy (non-hydrogen) atoms. The summed E-state index contributed by atoms with van der Waals surface area (Å²) in [5, 5.41) is 0. The van der Waals surface area contributed by atoms with Crippen LogP contribution in [0.2, 0.25) is 0 Å². The van der Waals surface area contributed by atoms with Crippen molar-refractivity contribution in [1.29, 1.82) is 0 Å². The van der Waals surface area contributed by atoms with Crippen molar-refractivity contribution >= 4 is 0 Å². The van der Waals surface area contributed by atoms with Crippen LogP contribution in [0, 0.1) is 6.92 Å². The Morgan fingerprint density at radius 2 is 1.95 bits per heavy atom. The zero-order valence-electron chi connectivity index (χ0n) is 12.4. The number of nitrogens with two attached hydrogens (primary N) is 1. The molecule has 0 saturated heterocycles. The van der Waals surface area contributed by atoms with Crippen molar-refractivity contribution in [3.63, 3.8) is 0 Å². The van der Waals surface area contributed by atoms with Crippen molar-refractivity contribution in [3.8, 4) is 0 Å². The van der Waals surface area contributed by atoms with Gasteiger partial charge in [-0.1, -0.05) is 48.5 Å². The van der Waals surface area contributed by atoms with Gasteiger partial charge in [0, 0.05) is 6.04 Å². The number of fused-ring (bicyclic) bond motifs is 1. The largest absolute Gasteiger partial charge is 0.373 e. The van der Waals surface area contributed by atoms with Gasteiger partial charge in [0.15, 0.2) is 0 Å². The Morgan fingerprint density at radius 3 is 2.76 bits per heavy atom. The maximum atomic E-state index is 6.00. The van der Waals surface area contributed by atoms with Crippen molar-refractivity contribution in [2.24, 2.45) is 5.84 Å². The molecule has 0 saturated carbocycles. The highest BCUT2D eigenvalue weighted by Gasteiger charge is 2.24. The molecule has 110 valence electrons. The summed E-state index contributed by atoms with van der Waals surface area (Å²) in [4.78, 5) is 0. The number of aryl methyl sites for hydroxylation is 1. The van der Waals surface area contributed by atoms with Crippen LogP contribution in [0.5, 0.6) is 0 Å². The van der Waals surface area contributed by atoms with Crippen LogP contribution in [0.4, 0.5) is 0 Å². The first kappa shape index (κ1) is 14.3. The van der Waals surface area contributed by atoms with E-state index in [0.717, 1.165) is 19.4 Å². The quantitative estimate of drug-likeness (QED) is 0.668. The van der Waals surface area contributed by atoms with Gasteiger partial charge in [-0.25, -0.2) is 0 Å². The summed E-state index contributed by atoms with van der Waals surface area (Å²) in [6, 6.07) is 17.0. The summed E-state index contributed by atoms with van der Waals surface area (Å²) in [5.41, 5.74) is 8.15. The van der Waals surface area contributed by atoms with Crippen LogP contribution in [-0.4, -0.2) is 6.61 Å². The van der Waals surface area contributed by atoms with Gasteiger partial charge in [0.1, 0.15) is 0 Å². The fourth-order valence-electron chi connectivity index (χ4n) is 3.15. The molecule has 3 nitrogen and oxygen atoms in total. The molecular weight excluding hydrogens is 260 g/mol. The molecule has 3 rings (SSSR count). The van der Waals surface area contributed by atoms with Gasteiger partial charge in [0.2, 0.25) is 0 Å². The lowest BCUT2D eigenvalue weighted by Crippen LogP contribution is -2.31. The van der Waals surface area contributed by atoms with Gasteiger partial charge in [0.25, 0.3) is 0 Å². The lowest BCUT2D eigenvalue weighted by Gasteiger charge is -2.29. The third kappa shape index (κ3) is 3.00. The highest BCUT2D eigenvalue weighted by atomic mass is 16.5. The molecule has 1 aliphatic rings. The number of ether oxygens (including phenoxy) is 1. The molecule has 2 aromatic carbocycles. The first-order chi connectivity index (χ1) is 10.3. The first-order valence-electron chi connectivity index (χ1n) is 7.50. The van der Waals surface area contributed by atoms with Crippen LogP contribution in [0.15, 0.2) is 48.5 Å². The third-order valence-electron chi connectivity index (χ3n) is 4.31. The Morgan fingerprint density at radius 1 is 1.19 bits per heavy atom. The summed E-state index contributed by atoms with van der Waals surface area (Å²) >= 11 is 0. The molecule has 1 heterocycles. The molecule has 0 aromatic heterocycles. The maximum absolute atomic E-state index is 6.00. The first-order valence-corrected chi connectivity index (χ1v) is 7.50. The third-order valence-corrected chi connectivity index (χ3v) is 4.31. The maximum Gasteiger partial charge on any atom is 0.0846 e. The SMILES string of the molecule is Cc1ccccc1C(CC1OCCc2ccccc21)NN. The number of hydrogen-bond acceptors (Lipinski definition) is 3. The number of hydrazine groups is 1. The fourth-order valence-corrected chi connectivity index (χ4v) is 3.15. The van der Waals surface area contributed by atoms with Crippen molar-refractivity contribution in [3.05, 3.63) is 70.8 Å². The number of benzene rings is 2. The van der Waals surface area contributed by atoms with E-state index < -0.39 is 0 Å². The summed E-state index contributed by atoms with van der Waals surface area (Å²) in [7, 11) is 0. The van der Waals surface area contributed by atoms with Crippen molar-refractivity contribution < 1.29 is 4.74 Å². The fraction of sp³-hybridized carbons (Fsp3) is 0.333. The Balaban J connectivity index is 1.84. The predicted molar refractivity (Wildman–Crippen MR) is 84.7 cm³/mol. The Bertz CT molecular complexity index is 612. The molecule has 0 amide bonds. The predicted octanol–water partition coefficient (Wildman–Crippen LogP) is 3.20. The molecule has 1 aliphatic heterocycles. The van der Waals surface area contributed by atoms with Crippen molar-refractivity contribution in [2.45, 2.75) is 31.9 Å². The number of hydrogen-bond donors (Lipinski definition) is 2. The van der Waals surface area contributed by atoms with E-state index in [1.54, 1.807) is 0 Å². The second-order valence-corrected chi connectivity index (χ2v) is 5.62. The van der Waals surface area contributed by atoms with Crippen molar-refractivity contribution in [2.75, 3.05) is 6.61 Å². The second kappa shape index (κ2) is 6.39. The molecule has 2 atom stereocenters. The van der Waals surface area contributed by atoms with E-state index >= 15 is 0 Å². The van der Waals surface area contributed by atoms with Crippen LogP contribution < -0.4 is 11.3 Å². The average molecular weight is 282 g/mol. The normalized spacial score (nSPS) is 19.0. The molecule has 0 aliphatic carbocycles. The monoisotopic (exact) mass is 282 g/mol. The Hall–Kier alpha value is -1.68. The topological polar surface area (TPSA) is 47.3 Å². The average Bonchev–Trinajstić information content (AvgIpc) is 2.53. The van der Waals surface area contributed by atoms with Crippen LogP contribution in [0.1, 0.15) is 40.8 Å². The summed E-state index contributed by atoms with van der Waals surface area (Å²) in [6.07, 6.45) is 1.95. The van der Waals surface area contributed by atoms with Gasteiger partial charge in [-0.3, -0.25) is 11.3 Å². The molecule has 3 heteroatoms. The van der Waals surface area contributed by atoms with Gasteiger partial charge in [-0.2, -0.15) is 0 Å². The zero-order chi connectivity index (χ0) is 14.7.